The lowest BCUT2D eigenvalue weighted by Crippen LogP contribution is -2.55. The van der Waals surface area contributed by atoms with Gasteiger partial charge in [0.25, 0.3) is 0 Å². The average Bonchev–Trinajstić information content (AvgIpc) is 2.28. The van der Waals surface area contributed by atoms with E-state index in [4.69, 9.17) is 4.74 Å². The van der Waals surface area contributed by atoms with Crippen LogP contribution in [0.15, 0.2) is 30.3 Å². The second-order valence-electron chi connectivity index (χ2n) is 6.32. The van der Waals surface area contributed by atoms with Gasteiger partial charge in [-0.1, -0.05) is 57.7 Å². The molecule has 0 aromatic heterocycles. The van der Waals surface area contributed by atoms with Crippen molar-refractivity contribution in [2.75, 3.05) is 6.23 Å². The summed E-state index contributed by atoms with van der Waals surface area (Å²) < 4.78 is 5.87. The Morgan fingerprint density at radius 3 is 2.22 bits per heavy atom. The topological polar surface area (TPSA) is 29.5 Å². The second-order valence-corrected chi connectivity index (χ2v) is 11.8. The van der Waals surface area contributed by atoms with Crippen LogP contribution in [0, 0.1) is 0 Å². The van der Waals surface area contributed by atoms with Crippen LogP contribution in [0.3, 0.4) is 0 Å². The third-order valence-electron chi connectivity index (χ3n) is 4.15. The van der Waals surface area contributed by atoms with Crippen molar-refractivity contribution in [2.24, 2.45) is 0 Å². The molecule has 2 nitrogen and oxygen atoms in total. The molecular formula is C15H26O2Si. The molecule has 1 N–H and O–H groups in total. The molecule has 0 spiro atoms. The number of rotatable bonds is 5. The molecule has 1 rings (SSSR count). The van der Waals surface area contributed by atoms with Crippen molar-refractivity contribution < 1.29 is 9.84 Å². The summed E-state index contributed by atoms with van der Waals surface area (Å²) in [4.78, 5) is 0. The molecule has 0 aliphatic carbocycles. The second kappa shape index (κ2) is 6.00. The van der Waals surface area contributed by atoms with E-state index in [0.29, 0.717) is 12.8 Å². The fraction of sp³-hybridized carbons (Fsp3) is 0.600. The van der Waals surface area contributed by atoms with Crippen LogP contribution < -0.4 is 0 Å². The maximum absolute atomic E-state index is 10.1. The Bertz CT molecular complexity index is 357. The molecule has 0 radical (unpaired) electrons. The first-order chi connectivity index (χ1) is 8.27. The van der Waals surface area contributed by atoms with Crippen LogP contribution >= 0.6 is 0 Å². The molecule has 0 saturated carbocycles. The van der Waals surface area contributed by atoms with Gasteiger partial charge in [0.05, 0.1) is 6.61 Å². The van der Waals surface area contributed by atoms with Crippen molar-refractivity contribution >= 4 is 8.07 Å². The van der Waals surface area contributed by atoms with E-state index in [2.05, 4.69) is 39.5 Å². The molecule has 0 heterocycles. The number of hydrogen-bond donors (Lipinski definition) is 1. The van der Waals surface area contributed by atoms with E-state index in [1.54, 1.807) is 0 Å². The largest absolute Gasteiger partial charge is 0.397 e. The van der Waals surface area contributed by atoms with Gasteiger partial charge in [0.1, 0.15) is 8.07 Å². The summed E-state index contributed by atoms with van der Waals surface area (Å²) in [5.41, 5.74) is 0.932. The van der Waals surface area contributed by atoms with Crippen LogP contribution in [0.1, 0.15) is 33.3 Å². The number of hydrogen-bond acceptors (Lipinski definition) is 2. The van der Waals surface area contributed by atoms with Crippen LogP contribution in [0.25, 0.3) is 0 Å². The van der Waals surface area contributed by atoms with E-state index in [-0.39, 0.29) is 10.8 Å². The van der Waals surface area contributed by atoms with E-state index in [1.165, 1.54) is 5.56 Å². The molecule has 1 aromatic rings. The van der Waals surface area contributed by atoms with Gasteiger partial charge in [-0.15, -0.1) is 0 Å². The summed E-state index contributed by atoms with van der Waals surface area (Å²) in [5.74, 6) is 0. The van der Waals surface area contributed by atoms with E-state index < -0.39 is 8.07 Å². The molecule has 18 heavy (non-hydrogen) atoms. The molecule has 0 saturated heterocycles. The fourth-order valence-corrected chi connectivity index (χ4v) is 4.37. The van der Waals surface area contributed by atoms with E-state index in [0.717, 1.165) is 0 Å². The van der Waals surface area contributed by atoms with Crippen molar-refractivity contribution in [1.29, 1.82) is 0 Å². The van der Waals surface area contributed by atoms with Gasteiger partial charge < -0.3 is 9.84 Å². The molecule has 0 aliphatic rings. The van der Waals surface area contributed by atoms with Crippen molar-refractivity contribution in [1.82, 2.24) is 0 Å². The quantitative estimate of drug-likeness (QED) is 0.826. The van der Waals surface area contributed by atoms with Gasteiger partial charge in [-0.05, 0) is 17.5 Å². The maximum Gasteiger partial charge on any atom is 0.118 e. The first kappa shape index (κ1) is 15.4. The van der Waals surface area contributed by atoms with E-state index in [1.807, 2.05) is 25.1 Å². The third-order valence-corrected chi connectivity index (χ3v) is 10.2. The van der Waals surface area contributed by atoms with Gasteiger partial charge in [-0.2, -0.15) is 0 Å². The smallest absolute Gasteiger partial charge is 0.118 e. The minimum atomic E-state index is -1.85. The molecule has 1 aromatic carbocycles. The summed E-state index contributed by atoms with van der Waals surface area (Å²) >= 11 is 0. The van der Waals surface area contributed by atoms with Gasteiger partial charge in [0.15, 0.2) is 0 Å². The molecule has 0 bridgehead atoms. The van der Waals surface area contributed by atoms with E-state index in [9.17, 15) is 5.11 Å². The molecule has 0 amide bonds. The summed E-state index contributed by atoms with van der Waals surface area (Å²) in [6.07, 6.45) is 0.697. The number of aliphatic hydroxyl groups is 1. The Hall–Kier alpha value is -0.643. The summed E-state index contributed by atoms with van der Waals surface area (Å²) in [7, 11) is -1.85. The van der Waals surface area contributed by atoms with Gasteiger partial charge in [-0.3, -0.25) is 0 Å². The third kappa shape index (κ3) is 3.67. The lowest BCUT2D eigenvalue weighted by molar-refractivity contribution is 0.146. The highest BCUT2D eigenvalue weighted by molar-refractivity contribution is 6.82. The fourth-order valence-electron chi connectivity index (χ4n) is 1.92. The Labute approximate surface area is 112 Å². The zero-order chi connectivity index (χ0) is 13.8. The van der Waals surface area contributed by atoms with Crippen molar-refractivity contribution in [3.63, 3.8) is 0 Å². The van der Waals surface area contributed by atoms with E-state index >= 15 is 0 Å². The van der Waals surface area contributed by atoms with Crippen LogP contribution in [0.2, 0.25) is 11.6 Å². The Kier molecular flexibility index (Phi) is 5.14. The van der Waals surface area contributed by atoms with Crippen LogP contribution in [0.5, 0.6) is 0 Å². The highest BCUT2D eigenvalue weighted by Gasteiger charge is 2.44. The zero-order valence-corrected chi connectivity index (χ0v) is 13.2. The Balaban J connectivity index is 2.60. The van der Waals surface area contributed by atoms with Gasteiger partial charge in [-0.25, -0.2) is 0 Å². The molecule has 0 unspecified atom stereocenters. The zero-order valence-electron chi connectivity index (χ0n) is 12.2. The summed E-state index contributed by atoms with van der Waals surface area (Å²) in [6, 6.07) is 10.2. The predicted octanol–water partition coefficient (Wildman–Crippen LogP) is 3.54. The first-order valence-electron chi connectivity index (χ1n) is 6.57. The number of benzene rings is 1. The van der Waals surface area contributed by atoms with Crippen LogP contribution in [0.4, 0.5) is 0 Å². The maximum atomic E-state index is 10.1. The minimum Gasteiger partial charge on any atom is -0.397 e. The highest BCUT2D eigenvalue weighted by atomic mass is 28.3. The Morgan fingerprint density at radius 1 is 1.22 bits per heavy atom. The van der Waals surface area contributed by atoms with Gasteiger partial charge in [0.2, 0.25) is 0 Å². The number of ether oxygens (including phenoxy) is 1. The standard InChI is InChI=1S/C15H26O2Si/c1-13(16)18(5,15(2,3)4)12-17-11-14-9-7-6-8-10-14/h6-10,13,16H,11-12H2,1-5H3/t13-,18-/m1/s1. The monoisotopic (exact) mass is 266 g/mol. The van der Waals surface area contributed by atoms with Gasteiger partial charge >= 0.3 is 0 Å². The summed E-state index contributed by atoms with van der Waals surface area (Å²) in [6.45, 7) is 11.4. The lowest BCUT2D eigenvalue weighted by atomic mass is 10.2. The number of aliphatic hydroxyl groups excluding tert-OH is 1. The average molecular weight is 266 g/mol. The normalized spacial score (nSPS) is 17.2. The Morgan fingerprint density at radius 2 is 1.78 bits per heavy atom. The molecule has 3 heteroatoms. The minimum absolute atomic E-state index is 0.137. The van der Waals surface area contributed by atoms with Gasteiger partial charge in [0, 0.05) is 12.0 Å². The van der Waals surface area contributed by atoms with Crippen molar-refractivity contribution in [2.45, 2.75) is 51.6 Å². The first-order valence-corrected chi connectivity index (χ1v) is 9.35. The lowest BCUT2D eigenvalue weighted by Gasteiger charge is -2.41. The molecule has 0 aliphatic heterocycles. The van der Waals surface area contributed by atoms with Crippen LogP contribution in [-0.2, 0) is 11.3 Å². The predicted molar refractivity (Wildman–Crippen MR) is 79.1 cm³/mol. The summed E-state index contributed by atoms with van der Waals surface area (Å²) in [5, 5.41) is 10.2. The van der Waals surface area contributed by atoms with Crippen molar-refractivity contribution in [3.05, 3.63) is 35.9 Å². The molecule has 2 atom stereocenters. The SMILES string of the molecule is C[C@H](O)[Si@@](C)(COCc1ccccc1)C(C)(C)C. The van der Waals surface area contributed by atoms with Crippen LogP contribution in [-0.4, -0.2) is 25.1 Å². The molecule has 102 valence electrons. The molecule has 0 fully saturated rings. The molecular weight excluding hydrogens is 240 g/mol. The highest BCUT2D eigenvalue weighted by Crippen LogP contribution is 2.38. The van der Waals surface area contributed by atoms with Crippen molar-refractivity contribution in [3.8, 4) is 0 Å².